The molecule has 4 nitrogen and oxygen atoms in total. The SMILES string of the molecule is Cc1cc(Br)cc(NC(=O)c2cnc(N)c(Cl)c2)c1. The lowest BCUT2D eigenvalue weighted by atomic mass is 10.2. The van der Waals surface area contributed by atoms with E-state index in [2.05, 4.69) is 26.2 Å². The Bertz CT molecular complexity index is 626. The second kappa shape index (κ2) is 5.59. The monoisotopic (exact) mass is 339 g/mol. The average molecular weight is 341 g/mol. The number of pyridine rings is 1. The highest BCUT2D eigenvalue weighted by molar-refractivity contribution is 9.10. The Morgan fingerprint density at radius 1 is 1.37 bits per heavy atom. The number of amides is 1. The number of carbonyl (C=O) groups excluding carboxylic acids is 1. The van der Waals surface area contributed by atoms with E-state index in [1.165, 1.54) is 12.3 Å². The predicted octanol–water partition coefficient (Wildman–Crippen LogP) is 3.64. The summed E-state index contributed by atoms with van der Waals surface area (Å²) < 4.78 is 0.899. The van der Waals surface area contributed by atoms with E-state index in [9.17, 15) is 4.79 Å². The van der Waals surface area contributed by atoms with Gasteiger partial charge < -0.3 is 11.1 Å². The molecule has 2 rings (SSSR count). The van der Waals surface area contributed by atoms with Gasteiger partial charge in [0.1, 0.15) is 5.82 Å². The van der Waals surface area contributed by atoms with E-state index in [-0.39, 0.29) is 16.7 Å². The number of hydrogen-bond acceptors (Lipinski definition) is 3. The lowest BCUT2D eigenvalue weighted by Crippen LogP contribution is -2.12. The van der Waals surface area contributed by atoms with Crippen LogP contribution in [0.3, 0.4) is 0 Å². The number of nitrogens with zero attached hydrogens (tertiary/aromatic N) is 1. The molecule has 1 aromatic carbocycles. The van der Waals surface area contributed by atoms with Crippen molar-refractivity contribution in [3.8, 4) is 0 Å². The third-order valence-corrected chi connectivity index (χ3v) is 3.19. The van der Waals surface area contributed by atoms with Crippen molar-refractivity contribution in [1.82, 2.24) is 4.98 Å². The zero-order chi connectivity index (χ0) is 14.0. The van der Waals surface area contributed by atoms with Gasteiger partial charge in [-0.25, -0.2) is 4.98 Å². The molecule has 0 aliphatic heterocycles. The van der Waals surface area contributed by atoms with Crippen LogP contribution in [0.5, 0.6) is 0 Å². The van der Waals surface area contributed by atoms with Crippen molar-refractivity contribution in [2.75, 3.05) is 11.1 Å². The molecule has 0 saturated carbocycles. The molecule has 0 spiro atoms. The van der Waals surface area contributed by atoms with Crippen molar-refractivity contribution >= 4 is 44.9 Å². The maximum Gasteiger partial charge on any atom is 0.257 e. The van der Waals surface area contributed by atoms with Crippen LogP contribution in [0.25, 0.3) is 0 Å². The van der Waals surface area contributed by atoms with Gasteiger partial charge in [0.2, 0.25) is 0 Å². The largest absolute Gasteiger partial charge is 0.382 e. The summed E-state index contributed by atoms with van der Waals surface area (Å²) in [7, 11) is 0. The van der Waals surface area contributed by atoms with Crippen molar-refractivity contribution in [2.45, 2.75) is 6.92 Å². The molecule has 3 N–H and O–H groups in total. The number of nitrogen functional groups attached to an aromatic ring is 1. The molecule has 0 aliphatic carbocycles. The van der Waals surface area contributed by atoms with Crippen LogP contribution in [0, 0.1) is 6.92 Å². The standard InChI is InChI=1S/C13H11BrClN3O/c1-7-2-9(14)5-10(3-7)18-13(19)8-4-11(15)12(16)17-6-8/h2-6H,1H3,(H2,16,17)(H,18,19). The molecular weight excluding hydrogens is 330 g/mol. The van der Waals surface area contributed by atoms with E-state index in [0.717, 1.165) is 10.0 Å². The van der Waals surface area contributed by atoms with E-state index < -0.39 is 0 Å². The number of benzene rings is 1. The van der Waals surface area contributed by atoms with Gasteiger partial charge in [0.15, 0.2) is 0 Å². The van der Waals surface area contributed by atoms with E-state index >= 15 is 0 Å². The third-order valence-electron chi connectivity index (χ3n) is 2.43. The Morgan fingerprint density at radius 2 is 2.11 bits per heavy atom. The van der Waals surface area contributed by atoms with Crippen LogP contribution in [0.15, 0.2) is 34.9 Å². The number of aryl methyl sites for hydroxylation is 1. The number of rotatable bonds is 2. The summed E-state index contributed by atoms with van der Waals surface area (Å²) in [6, 6.07) is 7.13. The number of aromatic nitrogens is 1. The summed E-state index contributed by atoms with van der Waals surface area (Å²) >= 11 is 9.22. The van der Waals surface area contributed by atoms with E-state index in [1.54, 1.807) is 0 Å². The van der Waals surface area contributed by atoms with Crippen LogP contribution >= 0.6 is 27.5 Å². The summed E-state index contributed by atoms with van der Waals surface area (Å²) in [5.74, 6) is -0.0802. The first-order valence-corrected chi connectivity index (χ1v) is 6.62. The van der Waals surface area contributed by atoms with Crippen LogP contribution in [0.1, 0.15) is 15.9 Å². The molecule has 0 aliphatic rings. The maximum atomic E-state index is 12.0. The van der Waals surface area contributed by atoms with Gasteiger partial charge in [0.25, 0.3) is 5.91 Å². The summed E-state index contributed by atoms with van der Waals surface area (Å²) in [4.78, 5) is 15.9. The van der Waals surface area contributed by atoms with E-state index in [0.29, 0.717) is 11.3 Å². The topological polar surface area (TPSA) is 68.0 Å². The fourth-order valence-electron chi connectivity index (χ4n) is 1.58. The van der Waals surface area contributed by atoms with Crippen molar-refractivity contribution < 1.29 is 4.79 Å². The summed E-state index contributed by atoms with van der Waals surface area (Å²) in [5.41, 5.74) is 7.60. The quantitative estimate of drug-likeness (QED) is 0.877. The fraction of sp³-hybridized carbons (Fsp3) is 0.0769. The zero-order valence-corrected chi connectivity index (χ0v) is 12.4. The van der Waals surface area contributed by atoms with Crippen LogP contribution in [-0.4, -0.2) is 10.9 Å². The molecule has 6 heteroatoms. The molecule has 0 bridgehead atoms. The van der Waals surface area contributed by atoms with Gasteiger partial charge >= 0.3 is 0 Å². The minimum Gasteiger partial charge on any atom is -0.382 e. The molecule has 0 saturated heterocycles. The summed E-state index contributed by atoms with van der Waals surface area (Å²) in [6.07, 6.45) is 1.39. The normalized spacial score (nSPS) is 10.3. The zero-order valence-electron chi connectivity index (χ0n) is 10.1. The van der Waals surface area contributed by atoms with Crippen molar-refractivity contribution in [3.05, 3.63) is 51.1 Å². The van der Waals surface area contributed by atoms with Gasteiger partial charge in [-0.1, -0.05) is 27.5 Å². The molecule has 2 aromatic rings. The van der Waals surface area contributed by atoms with Crippen molar-refractivity contribution in [2.24, 2.45) is 0 Å². The lowest BCUT2D eigenvalue weighted by molar-refractivity contribution is 0.102. The van der Waals surface area contributed by atoms with Crippen molar-refractivity contribution in [3.63, 3.8) is 0 Å². The highest BCUT2D eigenvalue weighted by Crippen LogP contribution is 2.21. The first kappa shape index (κ1) is 13.8. The number of halogens is 2. The highest BCUT2D eigenvalue weighted by Gasteiger charge is 2.09. The minimum atomic E-state index is -0.285. The lowest BCUT2D eigenvalue weighted by Gasteiger charge is -2.07. The van der Waals surface area contributed by atoms with Crippen LogP contribution < -0.4 is 11.1 Å². The molecule has 0 unspecified atom stereocenters. The Morgan fingerprint density at radius 3 is 2.74 bits per heavy atom. The molecule has 1 aromatic heterocycles. The van der Waals surface area contributed by atoms with Gasteiger partial charge in [-0.3, -0.25) is 4.79 Å². The summed E-state index contributed by atoms with van der Waals surface area (Å²) in [5, 5.41) is 3.04. The Labute approximate surface area is 124 Å². The Balaban J connectivity index is 2.22. The van der Waals surface area contributed by atoms with Crippen LogP contribution in [-0.2, 0) is 0 Å². The third kappa shape index (κ3) is 3.45. The van der Waals surface area contributed by atoms with E-state index in [4.69, 9.17) is 17.3 Å². The number of hydrogen-bond donors (Lipinski definition) is 2. The van der Waals surface area contributed by atoms with Crippen LogP contribution in [0.4, 0.5) is 11.5 Å². The van der Waals surface area contributed by atoms with Gasteiger partial charge in [-0.15, -0.1) is 0 Å². The minimum absolute atomic E-state index is 0.205. The van der Waals surface area contributed by atoms with Gasteiger partial charge in [0.05, 0.1) is 10.6 Å². The molecule has 0 fully saturated rings. The van der Waals surface area contributed by atoms with Crippen molar-refractivity contribution in [1.29, 1.82) is 0 Å². The predicted molar refractivity (Wildman–Crippen MR) is 80.5 cm³/mol. The Kier molecular flexibility index (Phi) is 4.07. The van der Waals surface area contributed by atoms with E-state index in [1.807, 2.05) is 25.1 Å². The van der Waals surface area contributed by atoms with Gasteiger partial charge in [-0.05, 0) is 36.8 Å². The number of carbonyl (C=O) groups is 1. The number of anilines is 2. The van der Waals surface area contributed by atoms with Crippen LogP contribution in [0.2, 0.25) is 5.02 Å². The summed E-state index contributed by atoms with van der Waals surface area (Å²) in [6.45, 7) is 1.95. The average Bonchev–Trinajstić information content (AvgIpc) is 2.31. The van der Waals surface area contributed by atoms with Gasteiger partial charge in [-0.2, -0.15) is 0 Å². The second-order valence-corrected chi connectivity index (χ2v) is 5.39. The second-order valence-electron chi connectivity index (χ2n) is 4.06. The Hall–Kier alpha value is -1.59. The highest BCUT2D eigenvalue weighted by atomic mass is 79.9. The smallest absolute Gasteiger partial charge is 0.257 e. The molecule has 19 heavy (non-hydrogen) atoms. The molecule has 98 valence electrons. The number of nitrogens with two attached hydrogens (primary N) is 1. The molecule has 0 radical (unpaired) electrons. The maximum absolute atomic E-state index is 12.0. The molecule has 1 amide bonds. The molecule has 0 atom stereocenters. The van der Waals surface area contributed by atoms with Gasteiger partial charge in [0, 0.05) is 16.4 Å². The molecule has 1 heterocycles. The fourth-order valence-corrected chi connectivity index (χ4v) is 2.36. The first-order chi connectivity index (χ1) is 8.95. The first-order valence-electron chi connectivity index (χ1n) is 5.45. The number of nitrogens with one attached hydrogen (secondary N) is 1. The molecular formula is C13H11BrClN3O.